The number of halogens is 1. The van der Waals surface area contributed by atoms with E-state index in [1.54, 1.807) is 0 Å². The van der Waals surface area contributed by atoms with E-state index in [1.165, 1.54) is 0 Å². The number of alkyl carbamates (subject to hydrolysis) is 1. The van der Waals surface area contributed by atoms with Crippen LogP contribution in [-0.4, -0.2) is 51.9 Å². The zero-order valence-corrected chi connectivity index (χ0v) is 20.5. The fraction of sp³-hybridized carbons (Fsp3) is 0.296. The van der Waals surface area contributed by atoms with Crippen LogP contribution >= 0.6 is 11.6 Å². The minimum atomic E-state index is -0.484. The van der Waals surface area contributed by atoms with Crippen LogP contribution in [0.15, 0.2) is 48.5 Å². The number of hydrogen-bond acceptors (Lipinski definition) is 4. The first kappa shape index (κ1) is 23.2. The summed E-state index contributed by atoms with van der Waals surface area (Å²) in [6.07, 6.45) is 4.96. The Morgan fingerprint density at radius 1 is 1.09 bits per heavy atom. The van der Waals surface area contributed by atoms with E-state index in [4.69, 9.17) is 21.4 Å². The summed E-state index contributed by atoms with van der Waals surface area (Å²) >= 11 is 5.97. The lowest BCUT2D eigenvalue weighted by atomic mass is 9.91. The van der Waals surface area contributed by atoms with Gasteiger partial charge >= 0.3 is 6.09 Å². The molecule has 1 N–H and O–H groups in total. The number of likely N-dealkylation sites (tertiary alicyclic amines) is 1. The maximum Gasteiger partial charge on any atom is 0.407 e. The molecule has 0 unspecified atom stereocenters. The van der Waals surface area contributed by atoms with Crippen LogP contribution < -0.4 is 5.32 Å². The summed E-state index contributed by atoms with van der Waals surface area (Å²) in [6, 6.07) is 15.7. The van der Waals surface area contributed by atoms with Gasteiger partial charge in [-0.15, -0.1) is 0 Å². The van der Waals surface area contributed by atoms with Crippen molar-refractivity contribution in [1.82, 2.24) is 20.0 Å². The summed E-state index contributed by atoms with van der Waals surface area (Å²) in [4.78, 5) is 26.8. The van der Waals surface area contributed by atoms with Crippen molar-refractivity contribution in [2.45, 2.75) is 32.3 Å². The van der Waals surface area contributed by atoms with Crippen molar-refractivity contribution in [1.29, 1.82) is 0 Å². The molecule has 2 fully saturated rings. The molecule has 5 rings (SSSR count). The molecule has 2 amide bonds. The zero-order valence-electron chi connectivity index (χ0n) is 19.8. The van der Waals surface area contributed by atoms with Crippen molar-refractivity contribution < 1.29 is 14.3 Å². The van der Waals surface area contributed by atoms with Gasteiger partial charge in [0, 0.05) is 31.0 Å². The van der Waals surface area contributed by atoms with Gasteiger partial charge in [0.15, 0.2) is 0 Å². The molecule has 3 heterocycles. The fourth-order valence-electron chi connectivity index (χ4n) is 4.79. The highest BCUT2D eigenvalue weighted by Crippen LogP contribution is 2.31. The van der Waals surface area contributed by atoms with Crippen LogP contribution in [0.25, 0.3) is 17.8 Å². The third-order valence-corrected chi connectivity index (χ3v) is 7.04. The minimum absolute atomic E-state index is 0.0304. The van der Waals surface area contributed by atoms with Crippen LogP contribution in [0, 0.1) is 13.8 Å². The van der Waals surface area contributed by atoms with Gasteiger partial charge in [-0.1, -0.05) is 48.0 Å². The van der Waals surface area contributed by atoms with Crippen molar-refractivity contribution in [2.24, 2.45) is 0 Å². The van der Waals surface area contributed by atoms with Crippen molar-refractivity contribution in [3.63, 3.8) is 0 Å². The smallest absolute Gasteiger partial charge is 0.407 e. The molecular formula is C27H27ClN4O3. The maximum atomic E-state index is 13.4. The van der Waals surface area contributed by atoms with Gasteiger partial charge in [0.2, 0.25) is 0 Å². The first-order chi connectivity index (χ1) is 16.8. The summed E-state index contributed by atoms with van der Waals surface area (Å²) in [5.74, 6) is -0.0304. The van der Waals surface area contributed by atoms with E-state index < -0.39 is 5.60 Å². The summed E-state index contributed by atoms with van der Waals surface area (Å²) < 4.78 is 7.31. The zero-order chi connectivity index (χ0) is 24.6. The predicted octanol–water partition coefficient (Wildman–Crippen LogP) is 5.03. The molecule has 2 aliphatic heterocycles. The Morgan fingerprint density at radius 3 is 2.49 bits per heavy atom. The number of piperidine rings is 1. The van der Waals surface area contributed by atoms with Gasteiger partial charge in [0.05, 0.1) is 29.2 Å². The van der Waals surface area contributed by atoms with E-state index in [2.05, 4.69) is 5.32 Å². The number of nitrogens with zero attached hydrogens (tertiary/aromatic N) is 3. The van der Waals surface area contributed by atoms with E-state index in [-0.39, 0.29) is 12.0 Å². The second-order valence-electron chi connectivity index (χ2n) is 9.16. The quantitative estimate of drug-likeness (QED) is 0.520. The molecule has 7 nitrogen and oxygen atoms in total. The lowest BCUT2D eigenvalue weighted by Crippen LogP contribution is -2.48. The molecule has 0 saturated carbocycles. The van der Waals surface area contributed by atoms with Crippen LogP contribution in [0.4, 0.5) is 4.79 Å². The first-order valence-electron chi connectivity index (χ1n) is 11.7. The number of amides is 2. The average molecular weight is 491 g/mol. The normalized spacial score (nSPS) is 17.1. The largest absolute Gasteiger partial charge is 0.441 e. The summed E-state index contributed by atoms with van der Waals surface area (Å²) in [7, 11) is 0. The Hall–Kier alpha value is -3.58. The second-order valence-corrected chi connectivity index (χ2v) is 9.59. The van der Waals surface area contributed by atoms with Crippen molar-refractivity contribution >= 4 is 35.8 Å². The molecule has 1 spiro atoms. The van der Waals surface area contributed by atoms with Gasteiger partial charge < -0.3 is 15.0 Å². The van der Waals surface area contributed by atoms with E-state index in [1.807, 2.05) is 84.1 Å². The van der Waals surface area contributed by atoms with E-state index in [0.717, 1.165) is 22.5 Å². The molecular weight excluding hydrogens is 464 g/mol. The summed E-state index contributed by atoms with van der Waals surface area (Å²) in [5.41, 5.74) is 4.63. The molecule has 2 aromatic carbocycles. The van der Waals surface area contributed by atoms with Crippen molar-refractivity contribution in [3.05, 3.63) is 81.6 Å². The van der Waals surface area contributed by atoms with Crippen LogP contribution in [0.3, 0.4) is 0 Å². The van der Waals surface area contributed by atoms with E-state index >= 15 is 0 Å². The molecule has 3 aromatic rings. The Labute approximate surface area is 209 Å². The van der Waals surface area contributed by atoms with Crippen molar-refractivity contribution in [3.8, 4) is 5.69 Å². The fourth-order valence-corrected chi connectivity index (χ4v) is 4.91. The van der Waals surface area contributed by atoms with E-state index in [0.29, 0.717) is 48.8 Å². The van der Waals surface area contributed by atoms with Gasteiger partial charge in [-0.3, -0.25) is 4.79 Å². The van der Waals surface area contributed by atoms with Crippen LogP contribution in [0.5, 0.6) is 0 Å². The Balaban J connectivity index is 1.34. The number of nitrogens with one attached hydrogen (secondary N) is 1. The molecule has 0 atom stereocenters. The maximum absolute atomic E-state index is 13.4. The molecule has 35 heavy (non-hydrogen) atoms. The predicted molar refractivity (Wildman–Crippen MR) is 136 cm³/mol. The second kappa shape index (κ2) is 9.23. The highest BCUT2D eigenvalue weighted by atomic mass is 35.5. The van der Waals surface area contributed by atoms with Crippen LogP contribution in [0.1, 0.15) is 45.7 Å². The highest BCUT2D eigenvalue weighted by Gasteiger charge is 2.44. The number of rotatable bonds is 4. The van der Waals surface area contributed by atoms with E-state index in [9.17, 15) is 9.59 Å². The molecule has 0 aliphatic carbocycles. The van der Waals surface area contributed by atoms with Gasteiger partial charge in [0.1, 0.15) is 5.60 Å². The Morgan fingerprint density at radius 2 is 1.80 bits per heavy atom. The monoisotopic (exact) mass is 490 g/mol. The number of hydrogen-bond donors (Lipinski definition) is 1. The van der Waals surface area contributed by atoms with Gasteiger partial charge in [-0.05, 0) is 49.2 Å². The number of benzene rings is 2. The topological polar surface area (TPSA) is 76.5 Å². The molecule has 2 saturated heterocycles. The van der Waals surface area contributed by atoms with Crippen LogP contribution in [-0.2, 0) is 4.74 Å². The summed E-state index contributed by atoms with van der Waals surface area (Å²) in [6.45, 7) is 5.39. The molecule has 180 valence electrons. The van der Waals surface area contributed by atoms with Gasteiger partial charge in [-0.25, -0.2) is 9.48 Å². The highest BCUT2D eigenvalue weighted by molar-refractivity contribution is 6.30. The molecule has 1 aromatic heterocycles. The molecule has 0 radical (unpaired) electrons. The van der Waals surface area contributed by atoms with Crippen molar-refractivity contribution in [2.75, 3.05) is 19.6 Å². The van der Waals surface area contributed by atoms with Gasteiger partial charge in [0.25, 0.3) is 5.91 Å². The number of aromatic nitrogens is 2. The number of ether oxygens (including phenoxy) is 1. The standard InChI is InChI=1S/C27H27ClN4O3/c1-18-24(25(33)31-14-12-27(13-15-31)17-29-26(34)35-27)19(2)32(30-18)23-5-3-4-21(16-23)7-6-20-8-10-22(28)11-9-20/h3-11,16H,12-15,17H2,1-2H3,(H,29,34)/b7-6+. The number of carbonyl (C=O) groups is 2. The lowest BCUT2D eigenvalue weighted by molar-refractivity contribution is 0.00328. The SMILES string of the molecule is Cc1nn(-c2cccc(/C=C/c3ccc(Cl)cc3)c2)c(C)c1C(=O)N1CCC2(CC1)CNC(=O)O2. The lowest BCUT2D eigenvalue weighted by Gasteiger charge is -2.37. The van der Waals surface area contributed by atoms with Gasteiger partial charge in [-0.2, -0.15) is 5.10 Å². The number of carbonyl (C=O) groups excluding carboxylic acids is 2. The first-order valence-corrected chi connectivity index (χ1v) is 12.1. The number of aryl methyl sites for hydroxylation is 1. The third-order valence-electron chi connectivity index (χ3n) is 6.78. The molecule has 0 bridgehead atoms. The Kier molecular flexibility index (Phi) is 6.11. The minimum Gasteiger partial charge on any atom is -0.441 e. The average Bonchev–Trinajstić information content (AvgIpc) is 3.37. The molecule has 2 aliphatic rings. The summed E-state index contributed by atoms with van der Waals surface area (Å²) in [5, 5.41) is 8.14. The Bertz CT molecular complexity index is 1300. The third kappa shape index (κ3) is 4.68. The van der Waals surface area contributed by atoms with Crippen LogP contribution in [0.2, 0.25) is 5.02 Å². The molecule has 8 heteroatoms.